The Balaban J connectivity index is 1.94. The normalized spacial score (nSPS) is 18.4. The van der Waals surface area contributed by atoms with Crippen LogP contribution in [-0.4, -0.2) is 35.2 Å². The molecular formula is C16H20INO4. The number of unbranched alkanes of at least 4 members (excludes halogenated alkanes) is 2. The minimum atomic E-state index is -0.446. The Morgan fingerprint density at radius 3 is 2.73 bits per heavy atom. The van der Waals surface area contributed by atoms with Gasteiger partial charge < -0.3 is 14.8 Å². The predicted octanol–water partition coefficient (Wildman–Crippen LogP) is 3.32. The molecule has 1 saturated heterocycles. The number of nitrogens with one attached hydrogen (secondary N) is 1. The monoisotopic (exact) mass is 417 g/mol. The van der Waals surface area contributed by atoms with Crippen LogP contribution in [0.5, 0.6) is 0 Å². The van der Waals surface area contributed by atoms with Gasteiger partial charge in [-0.3, -0.25) is 0 Å². The van der Waals surface area contributed by atoms with E-state index in [0.29, 0.717) is 5.56 Å². The first-order valence-electron chi connectivity index (χ1n) is 7.46. The fourth-order valence-corrected chi connectivity index (χ4v) is 2.88. The van der Waals surface area contributed by atoms with Gasteiger partial charge in [0.15, 0.2) is 0 Å². The molecule has 0 spiro atoms. The smallest absolute Gasteiger partial charge is 0.407 e. The van der Waals surface area contributed by atoms with E-state index in [9.17, 15) is 9.59 Å². The van der Waals surface area contributed by atoms with Gasteiger partial charge in [0, 0.05) is 0 Å². The highest BCUT2D eigenvalue weighted by molar-refractivity contribution is 14.1. The van der Waals surface area contributed by atoms with Gasteiger partial charge in [0.05, 0.1) is 5.56 Å². The average Bonchev–Trinajstić information content (AvgIpc) is 2.97. The van der Waals surface area contributed by atoms with Crippen molar-refractivity contribution in [3.63, 3.8) is 0 Å². The molecule has 1 aromatic rings. The van der Waals surface area contributed by atoms with Crippen molar-refractivity contribution in [3.05, 3.63) is 35.9 Å². The van der Waals surface area contributed by atoms with Crippen molar-refractivity contribution in [3.8, 4) is 0 Å². The summed E-state index contributed by atoms with van der Waals surface area (Å²) in [6, 6.07) is 8.63. The lowest BCUT2D eigenvalue weighted by atomic mass is 10.0. The van der Waals surface area contributed by atoms with Crippen molar-refractivity contribution in [2.45, 2.75) is 37.8 Å². The van der Waals surface area contributed by atoms with Gasteiger partial charge in [-0.25, -0.2) is 9.59 Å². The van der Waals surface area contributed by atoms with Gasteiger partial charge in [0.25, 0.3) is 0 Å². The zero-order valence-electron chi connectivity index (χ0n) is 12.3. The van der Waals surface area contributed by atoms with Gasteiger partial charge in [-0.1, -0.05) is 47.2 Å². The number of carbonyl (C=O) groups excluding carboxylic acids is 2. The first-order valence-corrected chi connectivity index (χ1v) is 8.98. The number of rotatable bonds is 8. The van der Waals surface area contributed by atoms with Crippen LogP contribution in [0, 0.1) is 0 Å². The summed E-state index contributed by atoms with van der Waals surface area (Å²) in [5.74, 6) is -0.361. The van der Waals surface area contributed by atoms with E-state index in [1.807, 2.05) is 6.07 Å². The van der Waals surface area contributed by atoms with Gasteiger partial charge >= 0.3 is 12.1 Å². The molecule has 0 saturated carbocycles. The van der Waals surface area contributed by atoms with Crippen LogP contribution in [0.25, 0.3) is 0 Å². The van der Waals surface area contributed by atoms with E-state index in [1.54, 1.807) is 24.3 Å². The number of ether oxygens (including phenoxy) is 2. The lowest BCUT2D eigenvalue weighted by molar-refractivity contribution is 0.0179. The molecule has 0 radical (unpaired) electrons. The molecule has 1 aromatic carbocycles. The third-order valence-electron chi connectivity index (χ3n) is 3.54. The molecule has 1 aliphatic rings. The second-order valence-electron chi connectivity index (χ2n) is 5.20. The summed E-state index contributed by atoms with van der Waals surface area (Å²) in [4.78, 5) is 23.4. The maximum atomic E-state index is 12.2. The molecule has 0 unspecified atom stereocenters. The summed E-state index contributed by atoms with van der Waals surface area (Å²) in [7, 11) is 0. The number of amides is 1. The molecule has 0 aliphatic carbocycles. The summed E-state index contributed by atoms with van der Waals surface area (Å²) in [5, 5.41) is 2.71. The number of benzene rings is 1. The number of alkyl halides is 1. The third-order valence-corrected chi connectivity index (χ3v) is 4.30. The molecule has 2 atom stereocenters. The standard InChI is InChI=1S/C16H20INO4/c17-10-6-2-5-9-14(13-11-21-16(20)18-13)22-15(19)12-7-3-1-4-8-12/h1,3-4,7-8,13-14H,2,5-6,9-11H2,(H,18,20)/t13-,14+/m1/s1. The highest BCUT2D eigenvalue weighted by Crippen LogP contribution is 2.17. The van der Waals surface area contributed by atoms with Crippen LogP contribution in [-0.2, 0) is 9.47 Å². The first kappa shape index (κ1) is 17.1. The maximum absolute atomic E-state index is 12.2. The zero-order chi connectivity index (χ0) is 15.8. The number of carbonyl (C=O) groups is 2. The number of hydrogen-bond donors (Lipinski definition) is 1. The van der Waals surface area contributed by atoms with Crippen LogP contribution in [0.1, 0.15) is 36.0 Å². The Morgan fingerprint density at radius 1 is 1.32 bits per heavy atom. The van der Waals surface area contributed by atoms with Crippen LogP contribution in [0.4, 0.5) is 4.79 Å². The molecule has 1 N–H and O–H groups in total. The van der Waals surface area contributed by atoms with Gasteiger partial charge in [-0.05, 0) is 35.8 Å². The van der Waals surface area contributed by atoms with E-state index in [2.05, 4.69) is 27.9 Å². The molecule has 1 heterocycles. The van der Waals surface area contributed by atoms with Crippen molar-refractivity contribution < 1.29 is 19.1 Å². The van der Waals surface area contributed by atoms with E-state index in [-0.39, 0.29) is 24.7 Å². The number of hydrogen-bond acceptors (Lipinski definition) is 4. The summed E-state index contributed by atoms with van der Waals surface area (Å²) in [6.45, 7) is 0.248. The largest absolute Gasteiger partial charge is 0.456 e. The van der Waals surface area contributed by atoms with Gasteiger partial charge in [0.1, 0.15) is 18.8 Å². The van der Waals surface area contributed by atoms with Crippen LogP contribution in [0.15, 0.2) is 30.3 Å². The minimum Gasteiger partial charge on any atom is -0.456 e. The lowest BCUT2D eigenvalue weighted by Gasteiger charge is -2.22. The number of halogens is 1. The summed E-state index contributed by atoms with van der Waals surface area (Å²) < 4.78 is 11.7. The van der Waals surface area contributed by atoms with Crippen LogP contribution in [0.3, 0.4) is 0 Å². The Morgan fingerprint density at radius 2 is 2.09 bits per heavy atom. The highest BCUT2D eigenvalue weighted by Gasteiger charge is 2.32. The van der Waals surface area contributed by atoms with E-state index >= 15 is 0 Å². The van der Waals surface area contributed by atoms with Crippen LogP contribution in [0.2, 0.25) is 0 Å². The lowest BCUT2D eigenvalue weighted by Crippen LogP contribution is -2.41. The summed E-state index contributed by atoms with van der Waals surface area (Å²) >= 11 is 2.35. The van der Waals surface area contributed by atoms with E-state index in [4.69, 9.17) is 9.47 Å². The molecule has 22 heavy (non-hydrogen) atoms. The van der Waals surface area contributed by atoms with Crippen LogP contribution >= 0.6 is 22.6 Å². The van der Waals surface area contributed by atoms with E-state index < -0.39 is 6.09 Å². The fourth-order valence-electron chi connectivity index (χ4n) is 2.34. The second kappa shape index (κ2) is 8.97. The van der Waals surface area contributed by atoms with Gasteiger partial charge in [-0.2, -0.15) is 0 Å². The second-order valence-corrected chi connectivity index (χ2v) is 6.28. The molecule has 6 heteroatoms. The number of esters is 1. The number of alkyl carbamates (subject to hydrolysis) is 1. The maximum Gasteiger partial charge on any atom is 0.407 e. The highest BCUT2D eigenvalue weighted by atomic mass is 127. The molecule has 0 bridgehead atoms. The van der Waals surface area contributed by atoms with Crippen LogP contribution < -0.4 is 5.32 Å². The van der Waals surface area contributed by atoms with Crippen molar-refractivity contribution in [2.75, 3.05) is 11.0 Å². The predicted molar refractivity (Wildman–Crippen MR) is 91.3 cm³/mol. The topological polar surface area (TPSA) is 64.6 Å². The molecule has 2 rings (SSSR count). The third kappa shape index (κ3) is 5.15. The zero-order valence-corrected chi connectivity index (χ0v) is 14.5. The summed E-state index contributed by atoms with van der Waals surface area (Å²) in [5.41, 5.74) is 0.519. The number of cyclic esters (lactones) is 1. The molecule has 120 valence electrons. The average molecular weight is 417 g/mol. The minimum absolute atomic E-state index is 0.248. The Kier molecular flexibility index (Phi) is 6.95. The molecular weight excluding hydrogens is 397 g/mol. The quantitative estimate of drug-likeness (QED) is 0.305. The van der Waals surface area contributed by atoms with Crippen molar-refractivity contribution in [2.24, 2.45) is 0 Å². The van der Waals surface area contributed by atoms with Crippen molar-refractivity contribution in [1.82, 2.24) is 5.32 Å². The Hall–Kier alpha value is -1.31. The SMILES string of the molecule is O=C1N[C@@H]([C@H](CCCCCI)OC(=O)c2ccccc2)CO1. The fraction of sp³-hybridized carbons (Fsp3) is 0.500. The summed E-state index contributed by atoms with van der Waals surface area (Å²) in [6.07, 6.45) is 3.12. The van der Waals surface area contributed by atoms with Crippen molar-refractivity contribution in [1.29, 1.82) is 0 Å². The molecule has 1 fully saturated rings. The van der Waals surface area contributed by atoms with Gasteiger partial charge in [0.2, 0.25) is 0 Å². The molecule has 1 amide bonds. The molecule has 5 nitrogen and oxygen atoms in total. The van der Waals surface area contributed by atoms with Crippen molar-refractivity contribution >= 4 is 34.7 Å². The van der Waals surface area contributed by atoms with Gasteiger partial charge in [-0.15, -0.1) is 0 Å². The molecule has 0 aromatic heterocycles. The first-order chi connectivity index (χ1) is 10.7. The Labute approximate surface area is 143 Å². The Bertz CT molecular complexity index is 494. The van der Waals surface area contributed by atoms with E-state index in [1.165, 1.54) is 0 Å². The van der Waals surface area contributed by atoms with E-state index in [0.717, 1.165) is 30.1 Å². The molecule has 1 aliphatic heterocycles.